The van der Waals surface area contributed by atoms with E-state index in [-0.39, 0.29) is 6.61 Å². The first-order valence-corrected chi connectivity index (χ1v) is 4.22. The highest BCUT2D eigenvalue weighted by atomic mass is 16.8. The number of rotatable bonds is 4. The number of carbonyl (C=O) groups excluding carboxylic acids is 1. The summed E-state index contributed by atoms with van der Waals surface area (Å²) < 4.78 is 15.0. The predicted molar refractivity (Wildman–Crippen MR) is 41.7 cm³/mol. The second-order valence-electron chi connectivity index (χ2n) is 2.73. The predicted octanol–water partition coefficient (Wildman–Crippen LogP) is 1.69. The van der Waals surface area contributed by atoms with Gasteiger partial charge in [-0.15, -0.1) is 0 Å². The van der Waals surface area contributed by atoms with Crippen molar-refractivity contribution in [3.63, 3.8) is 0 Å². The van der Waals surface area contributed by atoms with Crippen LogP contribution in [0.4, 0.5) is 4.79 Å². The molecule has 0 aromatic heterocycles. The lowest BCUT2D eigenvalue weighted by atomic mass is 10.1. The summed E-state index contributed by atoms with van der Waals surface area (Å²) in [7, 11) is 0. The third-order valence-electron chi connectivity index (χ3n) is 1.72. The molecule has 0 spiro atoms. The number of hydrogen-bond donors (Lipinski definition) is 0. The molecule has 0 saturated carbocycles. The minimum atomic E-state index is -0.805. The van der Waals surface area contributed by atoms with Crippen LogP contribution in [-0.2, 0) is 14.2 Å². The molecule has 0 amide bonds. The molecule has 0 aliphatic carbocycles. The van der Waals surface area contributed by atoms with Crippen LogP contribution in [0.2, 0.25) is 0 Å². The van der Waals surface area contributed by atoms with Gasteiger partial charge in [0.05, 0.1) is 0 Å². The lowest BCUT2D eigenvalue weighted by Crippen LogP contribution is -2.35. The van der Waals surface area contributed by atoms with Crippen LogP contribution in [0, 0.1) is 0 Å². The van der Waals surface area contributed by atoms with E-state index in [1.165, 1.54) is 0 Å². The first kappa shape index (κ1) is 9.32. The van der Waals surface area contributed by atoms with Gasteiger partial charge in [-0.1, -0.05) is 6.92 Å². The van der Waals surface area contributed by atoms with Crippen molar-refractivity contribution in [1.82, 2.24) is 0 Å². The Bertz CT molecular complexity index is 160. The topological polar surface area (TPSA) is 44.8 Å². The minimum absolute atomic E-state index is 0.216. The van der Waals surface area contributed by atoms with E-state index in [9.17, 15) is 4.79 Å². The molecule has 12 heavy (non-hydrogen) atoms. The first-order chi connectivity index (χ1) is 5.72. The van der Waals surface area contributed by atoms with Crippen LogP contribution in [0.5, 0.6) is 0 Å². The highest BCUT2D eigenvalue weighted by Crippen LogP contribution is 2.26. The van der Waals surface area contributed by atoms with E-state index >= 15 is 0 Å². The molecule has 0 N–H and O–H groups in total. The van der Waals surface area contributed by atoms with Crippen molar-refractivity contribution in [2.45, 2.75) is 32.5 Å². The van der Waals surface area contributed by atoms with Crippen LogP contribution in [0.15, 0.2) is 0 Å². The zero-order chi connectivity index (χ0) is 9.03. The molecular formula is C8H14O4. The Hall–Kier alpha value is -0.770. The number of hydrogen-bond acceptors (Lipinski definition) is 4. The highest BCUT2D eigenvalue weighted by molar-refractivity contribution is 5.62. The van der Waals surface area contributed by atoms with E-state index in [4.69, 9.17) is 9.47 Å². The van der Waals surface area contributed by atoms with Crippen molar-refractivity contribution in [3.8, 4) is 0 Å². The molecule has 0 aromatic carbocycles. The monoisotopic (exact) mass is 174 g/mol. The van der Waals surface area contributed by atoms with E-state index < -0.39 is 11.9 Å². The summed E-state index contributed by atoms with van der Waals surface area (Å²) in [5, 5.41) is 0. The van der Waals surface area contributed by atoms with E-state index in [1.807, 2.05) is 13.8 Å². The SMILES string of the molecule is CCCC1(OCC)COC(=O)O1. The van der Waals surface area contributed by atoms with Crippen molar-refractivity contribution in [2.24, 2.45) is 0 Å². The Morgan fingerprint density at radius 3 is 2.75 bits per heavy atom. The molecule has 0 bridgehead atoms. The van der Waals surface area contributed by atoms with Crippen LogP contribution in [0.3, 0.4) is 0 Å². The summed E-state index contributed by atoms with van der Waals surface area (Å²) in [6.07, 6.45) is 0.959. The van der Waals surface area contributed by atoms with Crippen LogP contribution < -0.4 is 0 Å². The molecule has 1 rings (SSSR count). The van der Waals surface area contributed by atoms with Crippen LogP contribution in [0.25, 0.3) is 0 Å². The average molecular weight is 174 g/mol. The Balaban J connectivity index is 2.54. The molecule has 1 unspecified atom stereocenters. The van der Waals surface area contributed by atoms with Gasteiger partial charge in [0.25, 0.3) is 5.79 Å². The minimum Gasteiger partial charge on any atom is -0.427 e. The van der Waals surface area contributed by atoms with E-state index in [0.29, 0.717) is 13.0 Å². The zero-order valence-electron chi connectivity index (χ0n) is 7.46. The fourth-order valence-corrected chi connectivity index (χ4v) is 1.29. The second-order valence-corrected chi connectivity index (χ2v) is 2.73. The summed E-state index contributed by atoms with van der Waals surface area (Å²) in [4.78, 5) is 10.7. The van der Waals surface area contributed by atoms with Gasteiger partial charge in [-0.25, -0.2) is 4.79 Å². The zero-order valence-corrected chi connectivity index (χ0v) is 7.46. The molecular weight excluding hydrogens is 160 g/mol. The standard InChI is InChI=1S/C8H14O4/c1-3-5-8(11-4-2)6-10-7(9)12-8/h3-6H2,1-2H3. The molecule has 1 aliphatic rings. The van der Waals surface area contributed by atoms with Crippen molar-refractivity contribution in [1.29, 1.82) is 0 Å². The number of carbonyl (C=O) groups is 1. The van der Waals surface area contributed by atoms with Crippen LogP contribution in [-0.4, -0.2) is 25.2 Å². The molecule has 0 radical (unpaired) electrons. The summed E-state index contributed by atoms with van der Waals surface area (Å²) in [5.74, 6) is -0.805. The molecule has 1 saturated heterocycles. The Morgan fingerprint density at radius 1 is 1.58 bits per heavy atom. The maximum absolute atomic E-state index is 10.7. The fraction of sp³-hybridized carbons (Fsp3) is 0.875. The van der Waals surface area contributed by atoms with Gasteiger partial charge < -0.3 is 14.2 Å². The van der Waals surface area contributed by atoms with Gasteiger partial charge in [-0.3, -0.25) is 0 Å². The maximum atomic E-state index is 10.7. The Labute approximate surface area is 71.8 Å². The molecule has 1 atom stereocenters. The Morgan fingerprint density at radius 2 is 2.33 bits per heavy atom. The molecule has 0 aromatic rings. The largest absolute Gasteiger partial charge is 0.511 e. The highest BCUT2D eigenvalue weighted by Gasteiger charge is 2.42. The van der Waals surface area contributed by atoms with Gasteiger partial charge in [0, 0.05) is 13.0 Å². The van der Waals surface area contributed by atoms with Gasteiger partial charge in [0.1, 0.15) is 0 Å². The van der Waals surface area contributed by atoms with Crippen molar-refractivity contribution < 1.29 is 19.0 Å². The smallest absolute Gasteiger partial charge is 0.427 e. The lowest BCUT2D eigenvalue weighted by molar-refractivity contribution is -0.180. The summed E-state index contributed by atoms with van der Waals surface area (Å²) in [6.45, 7) is 4.61. The van der Waals surface area contributed by atoms with Gasteiger partial charge >= 0.3 is 6.16 Å². The van der Waals surface area contributed by atoms with E-state index in [1.54, 1.807) is 0 Å². The number of ether oxygens (including phenoxy) is 3. The summed E-state index contributed by atoms with van der Waals surface area (Å²) >= 11 is 0. The van der Waals surface area contributed by atoms with Crippen molar-refractivity contribution in [3.05, 3.63) is 0 Å². The fourth-order valence-electron chi connectivity index (χ4n) is 1.29. The van der Waals surface area contributed by atoms with Gasteiger partial charge in [-0.05, 0) is 13.3 Å². The number of cyclic esters (lactones) is 2. The van der Waals surface area contributed by atoms with Crippen LogP contribution in [0.1, 0.15) is 26.7 Å². The van der Waals surface area contributed by atoms with Gasteiger partial charge in [0.15, 0.2) is 6.61 Å². The quantitative estimate of drug-likeness (QED) is 0.608. The third kappa shape index (κ3) is 1.88. The van der Waals surface area contributed by atoms with E-state index in [2.05, 4.69) is 4.74 Å². The molecule has 1 aliphatic heterocycles. The van der Waals surface area contributed by atoms with Gasteiger partial charge in [-0.2, -0.15) is 0 Å². The lowest BCUT2D eigenvalue weighted by Gasteiger charge is -2.23. The Kier molecular flexibility index (Phi) is 2.92. The van der Waals surface area contributed by atoms with Crippen LogP contribution >= 0.6 is 0 Å². The van der Waals surface area contributed by atoms with Gasteiger partial charge in [0.2, 0.25) is 0 Å². The molecule has 4 nitrogen and oxygen atoms in total. The maximum Gasteiger partial charge on any atom is 0.511 e. The van der Waals surface area contributed by atoms with Crippen molar-refractivity contribution >= 4 is 6.16 Å². The average Bonchev–Trinajstić information content (AvgIpc) is 2.34. The molecule has 1 fully saturated rings. The van der Waals surface area contributed by atoms with Crippen molar-refractivity contribution in [2.75, 3.05) is 13.2 Å². The van der Waals surface area contributed by atoms with E-state index in [0.717, 1.165) is 6.42 Å². The molecule has 4 heteroatoms. The third-order valence-corrected chi connectivity index (χ3v) is 1.72. The molecule has 1 heterocycles. The molecule has 70 valence electrons. The normalized spacial score (nSPS) is 28.3. The summed E-state index contributed by atoms with van der Waals surface area (Å²) in [5.41, 5.74) is 0. The summed E-state index contributed by atoms with van der Waals surface area (Å²) in [6, 6.07) is 0. The second kappa shape index (κ2) is 3.76. The first-order valence-electron chi connectivity index (χ1n) is 4.22.